The van der Waals surface area contributed by atoms with Gasteiger partial charge in [-0.05, 0) is 36.4 Å². The Hall–Kier alpha value is -2.54. The van der Waals surface area contributed by atoms with Gasteiger partial charge in [-0.25, -0.2) is 4.98 Å². The van der Waals surface area contributed by atoms with Crippen LogP contribution >= 0.6 is 11.3 Å². The summed E-state index contributed by atoms with van der Waals surface area (Å²) in [5.41, 5.74) is 1.77. The molecule has 0 saturated carbocycles. The number of nitrogens with zero attached hydrogens (tertiary/aromatic N) is 1. The van der Waals surface area contributed by atoms with Crippen LogP contribution in [0.3, 0.4) is 0 Å². The molecule has 0 aliphatic carbocycles. The van der Waals surface area contributed by atoms with Crippen LogP contribution in [0, 0.1) is 0 Å². The fraction of sp³-hybridized carbons (Fsp3) is 0.118. The number of alkyl halides is 3. The second-order valence-corrected chi connectivity index (χ2v) is 6.04. The molecule has 124 valence electrons. The van der Waals surface area contributed by atoms with E-state index >= 15 is 0 Å². The number of hydrogen-bond acceptors (Lipinski definition) is 4. The first-order valence-corrected chi connectivity index (χ1v) is 7.91. The summed E-state index contributed by atoms with van der Waals surface area (Å²) in [7, 11) is 0. The third-order valence-corrected chi connectivity index (χ3v) is 4.18. The van der Waals surface area contributed by atoms with E-state index in [4.69, 9.17) is 0 Å². The van der Waals surface area contributed by atoms with Crippen LogP contribution in [-0.4, -0.2) is 11.3 Å². The number of halogens is 3. The van der Waals surface area contributed by atoms with Gasteiger partial charge in [0, 0.05) is 22.3 Å². The highest BCUT2D eigenvalue weighted by molar-refractivity contribution is 7.15. The molecule has 2 aromatic carbocycles. The molecular formula is C17H13F3N2OS. The average molecular weight is 350 g/mol. The van der Waals surface area contributed by atoms with Gasteiger partial charge in [-0.3, -0.25) is 0 Å². The normalized spacial score (nSPS) is 11.3. The number of aromatic nitrogens is 1. The van der Waals surface area contributed by atoms with E-state index in [2.05, 4.69) is 15.0 Å². The van der Waals surface area contributed by atoms with Gasteiger partial charge in [-0.1, -0.05) is 18.2 Å². The zero-order valence-electron chi connectivity index (χ0n) is 12.4. The van der Waals surface area contributed by atoms with E-state index in [-0.39, 0.29) is 5.75 Å². The Morgan fingerprint density at radius 2 is 1.71 bits per heavy atom. The first-order chi connectivity index (χ1) is 11.5. The molecule has 1 N–H and O–H groups in total. The molecule has 0 aliphatic heterocycles. The Morgan fingerprint density at radius 1 is 1.00 bits per heavy atom. The molecule has 3 rings (SSSR count). The van der Waals surface area contributed by atoms with Crippen molar-refractivity contribution >= 4 is 17.0 Å². The highest BCUT2D eigenvalue weighted by atomic mass is 32.1. The number of ether oxygens (including phenoxy) is 1. The lowest BCUT2D eigenvalue weighted by molar-refractivity contribution is -0.274. The van der Waals surface area contributed by atoms with Gasteiger partial charge in [-0.2, -0.15) is 0 Å². The molecule has 1 heterocycles. The van der Waals surface area contributed by atoms with Crippen LogP contribution < -0.4 is 10.1 Å². The smallest absolute Gasteiger partial charge is 0.406 e. The standard InChI is InChI=1S/C17H13F3N2OS/c18-17(19,20)23-14-8-6-12(7-9-14)16-22-11-15(24-16)10-21-13-4-2-1-3-5-13/h1-9,11,21H,10H2. The molecule has 0 saturated heterocycles. The molecule has 3 aromatic rings. The van der Waals surface area contributed by atoms with Gasteiger partial charge >= 0.3 is 6.36 Å². The maximum absolute atomic E-state index is 12.2. The van der Waals surface area contributed by atoms with Gasteiger partial charge in [0.25, 0.3) is 0 Å². The fourth-order valence-electron chi connectivity index (χ4n) is 2.07. The predicted molar refractivity (Wildman–Crippen MR) is 88.0 cm³/mol. The number of hydrogen-bond donors (Lipinski definition) is 1. The maximum Gasteiger partial charge on any atom is 0.573 e. The number of benzene rings is 2. The summed E-state index contributed by atoms with van der Waals surface area (Å²) in [5, 5.41) is 4.03. The first-order valence-electron chi connectivity index (χ1n) is 7.09. The molecule has 0 aliphatic rings. The summed E-state index contributed by atoms with van der Waals surface area (Å²) in [6.07, 6.45) is -2.92. The summed E-state index contributed by atoms with van der Waals surface area (Å²) in [6.45, 7) is 0.636. The van der Waals surface area contributed by atoms with Crippen molar-refractivity contribution in [3.05, 3.63) is 65.7 Å². The molecule has 7 heteroatoms. The molecule has 24 heavy (non-hydrogen) atoms. The first kappa shape index (κ1) is 16.3. The number of rotatable bonds is 5. The summed E-state index contributed by atoms with van der Waals surface area (Å²) in [6, 6.07) is 15.5. The average Bonchev–Trinajstić information content (AvgIpc) is 3.02. The summed E-state index contributed by atoms with van der Waals surface area (Å²) in [4.78, 5) is 5.35. The SMILES string of the molecule is FC(F)(F)Oc1ccc(-c2ncc(CNc3ccccc3)s2)cc1. The van der Waals surface area contributed by atoms with Gasteiger partial charge in [0.2, 0.25) is 0 Å². The molecule has 1 aromatic heterocycles. The maximum atomic E-state index is 12.2. The van der Waals surface area contributed by atoms with Crippen LogP contribution in [0.15, 0.2) is 60.8 Å². The fourth-order valence-corrected chi connectivity index (χ4v) is 2.92. The van der Waals surface area contributed by atoms with Crippen LogP contribution in [0.5, 0.6) is 5.75 Å². The minimum atomic E-state index is -4.68. The van der Waals surface area contributed by atoms with Crippen LogP contribution in [0.25, 0.3) is 10.6 Å². The molecule has 0 atom stereocenters. The van der Waals surface area contributed by atoms with Crippen molar-refractivity contribution in [3.63, 3.8) is 0 Å². The van der Waals surface area contributed by atoms with Crippen molar-refractivity contribution in [2.45, 2.75) is 12.9 Å². The predicted octanol–water partition coefficient (Wildman–Crippen LogP) is 5.32. The number of nitrogens with one attached hydrogen (secondary N) is 1. The van der Waals surface area contributed by atoms with Crippen LogP contribution in [0.4, 0.5) is 18.9 Å². The van der Waals surface area contributed by atoms with Crippen molar-refractivity contribution in [1.82, 2.24) is 4.98 Å². The van der Waals surface area contributed by atoms with Gasteiger partial charge in [0.15, 0.2) is 0 Å². The Bertz CT molecular complexity index is 786. The summed E-state index contributed by atoms with van der Waals surface area (Å²) >= 11 is 1.49. The lowest BCUT2D eigenvalue weighted by Crippen LogP contribution is -2.16. The van der Waals surface area contributed by atoms with Gasteiger partial charge in [0.05, 0.1) is 6.54 Å². The quantitative estimate of drug-likeness (QED) is 0.676. The van der Waals surface area contributed by atoms with Crippen molar-refractivity contribution in [2.75, 3.05) is 5.32 Å². The van der Waals surface area contributed by atoms with Gasteiger partial charge < -0.3 is 10.1 Å². The summed E-state index contributed by atoms with van der Waals surface area (Å²) in [5.74, 6) is -0.242. The van der Waals surface area contributed by atoms with E-state index in [9.17, 15) is 13.2 Å². The molecule has 0 fully saturated rings. The number of thiazole rings is 1. The Morgan fingerprint density at radius 3 is 2.38 bits per heavy atom. The zero-order valence-corrected chi connectivity index (χ0v) is 13.2. The second-order valence-electron chi connectivity index (χ2n) is 4.92. The largest absolute Gasteiger partial charge is 0.573 e. The molecule has 0 amide bonds. The van der Waals surface area contributed by atoms with Crippen LogP contribution in [0.2, 0.25) is 0 Å². The van der Waals surface area contributed by atoms with Gasteiger partial charge in [0.1, 0.15) is 10.8 Å². The van der Waals surface area contributed by atoms with Crippen molar-refractivity contribution in [3.8, 4) is 16.3 Å². The molecule has 0 bridgehead atoms. The third kappa shape index (κ3) is 4.48. The lowest BCUT2D eigenvalue weighted by Gasteiger charge is -2.08. The van der Waals surface area contributed by atoms with Crippen LogP contribution in [-0.2, 0) is 6.54 Å². The Labute approximate surface area is 140 Å². The van der Waals surface area contributed by atoms with E-state index in [0.29, 0.717) is 6.54 Å². The zero-order chi connectivity index (χ0) is 17.0. The molecule has 0 unspecified atom stereocenters. The molecule has 3 nitrogen and oxygen atoms in total. The second kappa shape index (κ2) is 6.92. The van der Waals surface area contributed by atoms with Crippen molar-refractivity contribution in [1.29, 1.82) is 0 Å². The topological polar surface area (TPSA) is 34.1 Å². The number of anilines is 1. The van der Waals surface area contributed by atoms with Crippen molar-refractivity contribution in [2.24, 2.45) is 0 Å². The van der Waals surface area contributed by atoms with E-state index in [1.54, 1.807) is 18.3 Å². The van der Waals surface area contributed by atoms with Gasteiger partial charge in [-0.15, -0.1) is 24.5 Å². The Balaban J connectivity index is 1.64. The molecule has 0 spiro atoms. The minimum Gasteiger partial charge on any atom is -0.406 e. The van der Waals surface area contributed by atoms with E-state index < -0.39 is 6.36 Å². The van der Waals surface area contributed by atoms with Crippen LogP contribution in [0.1, 0.15) is 4.88 Å². The van der Waals surface area contributed by atoms with E-state index in [1.807, 2.05) is 30.3 Å². The minimum absolute atomic E-state index is 0.242. The Kier molecular flexibility index (Phi) is 4.71. The highest BCUT2D eigenvalue weighted by Gasteiger charge is 2.30. The van der Waals surface area contributed by atoms with E-state index in [0.717, 1.165) is 21.1 Å². The molecule has 0 radical (unpaired) electrons. The third-order valence-electron chi connectivity index (χ3n) is 3.13. The van der Waals surface area contributed by atoms with Crippen molar-refractivity contribution < 1.29 is 17.9 Å². The molecular weight excluding hydrogens is 337 g/mol. The summed E-state index contributed by atoms with van der Waals surface area (Å²) < 4.78 is 40.3. The monoisotopic (exact) mass is 350 g/mol. The van der Waals surface area contributed by atoms with E-state index in [1.165, 1.54) is 23.5 Å². The lowest BCUT2D eigenvalue weighted by atomic mass is 10.2. The number of para-hydroxylation sites is 1. The highest BCUT2D eigenvalue weighted by Crippen LogP contribution is 2.29.